The van der Waals surface area contributed by atoms with Crippen molar-refractivity contribution in [3.8, 4) is 0 Å². The van der Waals surface area contributed by atoms with E-state index in [1.807, 2.05) is 6.92 Å². The van der Waals surface area contributed by atoms with Crippen LogP contribution in [-0.2, 0) is 23.9 Å². The zero-order chi connectivity index (χ0) is 15.6. The van der Waals surface area contributed by atoms with Gasteiger partial charge in [0.2, 0.25) is 5.91 Å². The summed E-state index contributed by atoms with van der Waals surface area (Å²) >= 11 is 0. The second-order valence-corrected chi connectivity index (χ2v) is 5.79. The van der Waals surface area contributed by atoms with Crippen molar-refractivity contribution >= 4 is 17.8 Å². The normalized spacial score (nSPS) is 32.8. The van der Waals surface area contributed by atoms with Crippen molar-refractivity contribution in [2.24, 2.45) is 17.8 Å². The largest absolute Gasteiger partial charge is 0.481 e. The average molecular weight is 299 g/mol. The Morgan fingerprint density at radius 3 is 2.52 bits per heavy atom. The molecule has 7 heteroatoms. The van der Waals surface area contributed by atoms with Crippen LogP contribution in [0.15, 0.2) is 0 Å². The molecule has 1 aliphatic carbocycles. The Bertz CT molecular complexity index is 437. The molecule has 0 aromatic rings. The van der Waals surface area contributed by atoms with Crippen molar-refractivity contribution in [3.05, 3.63) is 0 Å². The molecule has 1 amide bonds. The van der Waals surface area contributed by atoms with Gasteiger partial charge in [0.25, 0.3) is 0 Å². The topological polar surface area (TPSA) is 93.1 Å². The number of carbonyl (C=O) groups excluding carboxylic acids is 2. The van der Waals surface area contributed by atoms with Gasteiger partial charge in [-0.05, 0) is 18.8 Å². The molecule has 2 aliphatic rings. The number of methoxy groups -OCH3 is 1. The lowest BCUT2D eigenvalue weighted by atomic mass is 9.94. The number of carbonyl (C=O) groups is 3. The second kappa shape index (κ2) is 6.43. The predicted molar refractivity (Wildman–Crippen MR) is 71.3 cm³/mol. The first-order valence-corrected chi connectivity index (χ1v) is 7.15. The van der Waals surface area contributed by atoms with Crippen LogP contribution in [0.4, 0.5) is 0 Å². The van der Waals surface area contributed by atoms with Crippen molar-refractivity contribution in [1.29, 1.82) is 0 Å². The number of esters is 1. The van der Waals surface area contributed by atoms with E-state index < -0.39 is 29.9 Å². The third kappa shape index (κ3) is 3.34. The summed E-state index contributed by atoms with van der Waals surface area (Å²) in [5.74, 6) is -2.54. The molecular weight excluding hydrogens is 278 g/mol. The van der Waals surface area contributed by atoms with Crippen LogP contribution in [0.5, 0.6) is 0 Å². The number of carboxylic acids is 1. The minimum absolute atomic E-state index is 0.128. The van der Waals surface area contributed by atoms with E-state index in [4.69, 9.17) is 4.74 Å². The van der Waals surface area contributed by atoms with Crippen LogP contribution in [0.25, 0.3) is 0 Å². The van der Waals surface area contributed by atoms with Gasteiger partial charge >= 0.3 is 11.9 Å². The number of hydrogen-bond donors (Lipinski definition) is 1. The smallest absolute Gasteiger partial charge is 0.336 e. The highest BCUT2D eigenvalue weighted by Gasteiger charge is 2.44. The molecule has 1 saturated heterocycles. The van der Waals surface area contributed by atoms with E-state index in [1.165, 1.54) is 12.0 Å². The first kappa shape index (κ1) is 15.8. The number of rotatable bonds is 3. The van der Waals surface area contributed by atoms with Crippen LogP contribution < -0.4 is 0 Å². The zero-order valence-corrected chi connectivity index (χ0v) is 12.3. The molecule has 21 heavy (non-hydrogen) atoms. The van der Waals surface area contributed by atoms with Crippen LogP contribution in [0.3, 0.4) is 0 Å². The quantitative estimate of drug-likeness (QED) is 0.745. The monoisotopic (exact) mass is 299 g/mol. The van der Waals surface area contributed by atoms with Gasteiger partial charge in [0.15, 0.2) is 6.10 Å². The molecule has 4 unspecified atom stereocenters. The summed E-state index contributed by atoms with van der Waals surface area (Å²) in [6.45, 7) is 2.72. The lowest BCUT2D eigenvalue weighted by Gasteiger charge is -2.33. The molecule has 1 heterocycles. The fourth-order valence-corrected chi connectivity index (χ4v) is 3.20. The van der Waals surface area contributed by atoms with Crippen molar-refractivity contribution in [2.45, 2.75) is 25.9 Å². The highest BCUT2D eigenvalue weighted by molar-refractivity contribution is 5.86. The first-order valence-electron chi connectivity index (χ1n) is 7.15. The van der Waals surface area contributed by atoms with E-state index in [2.05, 4.69) is 4.74 Å². The molecule has 1 aliphatic heterocycles. The summed E-state index contributed by atoms with van der Waals surface area (Å²) in [6.07, 6.45) is 0.321. The lowest BCUT2D eigenvalue weighted by Crippen LogP contribution is -2.51. The van der Waals surface area contributed by atoms with Gasteiger partial charge in [-0.2, -0.15) is 0 Å². The molecule has 0 aromatic heterocycles. The van der Waals surface area contributed by atoms with Crippen LogP contribution >= 0.6 is 0 Å². The highest BCUT2D eigenvalue weighted by atomic mass is 16.6. The molecule has 7 nitrogen and oxygen atoms in total. The summed E-state index contributed by atoms with van der Waals surface area (Å²) in [5.41, 5.74) is 0. The second-order valence-electron chi connectivity index (χ2n) is 5.79. The Hall–Kier alpha value is -1.63. The summed E-state index contributed by atoms with van der Waals surface area (Å²) in [6, 6.07) is 0. The summed E-state index contributed by atoms with van der Waals surface area (Å²) in [7, 11) is 1.27. The maximum absolute atomic E-state index is 12.6. The number of amides is 1. The van der Waals surface area contributed by atoms with Crippen molar-refractivity contribution in [1.82, 2.24) is 4.90 Å². The fourth-order valence-electron chi connectivity index (χ4n) is 3.20. The highest BCUT2D eigenvalue weighted by Crippen LogP contribution is 2.37. The molecule has 1 saturated carbocycles. The standard InChI is InChI=1S/C14H21NO6/c1-8-5-9(10(6-8)13(17)18)12(16)15-3-4-21-11(7-15)14(19)20-2/h8-11H,3-7H2,1-2H3,(H,17,18). The Labute approximate surface area is 123 Å². The molecule has 0 aromatic carbocycles. The van der Waals surface area contributed by atoms with E-state index in [-0.39, 0.29) is 25.0 Å². The summed E-state index contributed by atoms with van der Waals surface area (Å²) < 4.78 is 9.91. The molecule has 2 fully saturated rings. The number of carboxylic acid groups (broad SMARTS) is 1. The van der Waals surface area contributed by atoms with E-state index in [9.17, 15) is 19.5 Å². The van der Waals surface area contributed by atoms with Crippen LogP contribution in [0, 0.1) is 17.8 Å². The van der Waals surface area contributed by atoms with E-state index >= 15 is 0 Å². The van der Waals surface area contributed by atoms with Gasteiger partial charge in [0.1, 0.15) is 0 Å². The summed E-state index contributed by atoms with van der Waals surface area (Å²) in [5, 5.41) is 9.26. The van der Waals surface area contributed by atoms with Crippen molar-refractivity contribution in [3.63, 3.8) is 0 Å². The molecule has 118 valence electrons. The zero-order valence-electron chi connectivity index (χ0n) is 12.3. The Morgan fingerprint density at radius 2 is 1.90 bits per heavy atom. The maximum atomic E-state index is 12.6. The van der Waals surface area contributed by atoms with E-state index in [1.54, 1.807) is 0 Å². The van der Waals surface area contributed by atoms with Gasteiger partial charge < -0.3 is 19.5 Å². The number of aliphatic carboxylic acids is 1. The third-order valence-corrected chi connectivity index (χ3v) is 4.27. The number of hydrogen-bond acceptors (Lipinski definition) is 5. The SMILES string of the molecule is COC(=O)C1CN(C(=O)C2CC(C)CC2C(=O)O)CCO1. The maximum Gasteiger partial charge on any atom is 0.336 e. The molecule has 4 atom stereocenters. The van der Waals surface area contributed by atoms with Gasteiger partial charge in [-0.1, -0.05) is 6.92 Å². The predicted octanol–water partition coefficient (Wildman–Crippen LogP) is 0.134. The number of nitrogens with zero attached hydrogens (tertiary/aromatic N) is 1. The van der Waals surface area contributed by atoms with E-state index in [0.29, 0.717) is 19.4 Å². The van der Waals surface area contributed by atoms with Gasteiger partial charge in [0.05, 0.1) is 32.1 Å². The number of morpholine rings is 1. The minimum Gasteiger partial charge on any atom is -0.481 e. The number of ether oxygens (including phenoxy) is 2. The van der Waals surface area contributed by atoms with Crippen molar-refractivity contribution < 1.29 is 29.0 Å². The van der Waals surface area contributed by atoms with Crippen molar-refractivity contribution in [2.75, 3.05) is 26.8 Å². The fraction of sp³-hybridized carbons (Fsp3) is 0.786. The first-order chi connectivity index (χ1) is 9.93. The Morgan fingerprint density at radius 1 is 1.24 bits per heavy atom. The molecule has 0 bridgehead atoms. The van der Waals surface area contributed by atoms with Gasteiger partial charge in [0, 0.05) is 6.54 Å². The Kier molecular flexibility index (Phi) is 4.82. The molecule has 0 spiro atoms. The van der Waals surface area contributed by atoms with Gasteiger partial charge in [-0.3, -0.25) is 9.59 Å². The lowest BCUT2D eigenvalue weighted by molar-refractivity contribution is -0.165. The minimum atomic E-state index is -0.921. The van der Waals surface area contributed by atoms with Crippen LogP contribution in [-0.4, -0.2) is 60.8 Å². The van der Waals surface area contributed by atoms with Crippen LogP contribution in [0.1, 0.15) is 19.8 Å². The average Bonchev–Trinajstić information content (AvgIpc) is 2.88. The molecule has 2 rings (SSSR count). The Balaban J connectivity index is 2.05. The summed E-state index contributed by atoms with van der Waals surface area (Å²) in [4.78, 5) is 36.9. The third-order valence-electron chi connectivity index (χ3n) is 4.27. The molecular formula is C14H21NO6. The molecule has 0 radical (unpaired) electrons. The van der Waals surface area contributed by atoms with Gasteiger partial charge in [-0.15, -0.1) is 0 Å². The van der Waals surface area contributed by atoms with Crippen LogP contribution in [0.2, 0.25) is 0 Å². The van der Waals surface area contributed by atoms with Gasteiger partial charge in [-0.25, -0.2) is 4.79 Å². The molecule has 1 N–H and O–H groups in total. The van der Waals surface area contributed by atoms with E-state index in [0.717, 1.165) is 0 Å².